The van der Waals surface area contributed by atoms with Gasteiger partial charge in [0.25, 0.3) is 0 Å². The van der Waals surface area contributed by atoms with Crippen molar-refractivity contribution in [2.24, 2.45) is 0 Å². The van der Waals surface area contributed by atoms with Crippen molar-refractivity contribution in [2.75, 3.05) is 5.32 Å². The second-order valence-corrected chi connectivity index (χ2v) is 7.43. The first-order valence-corrected chi connectivity index (χ1v) is 9.30. The van der Waals surface area contributed by atoms with Crippen LogP contribution in [0, 0.1) is 6.92 Å². The monoisotopic (exact) mass is 381 g/mol. The molecule has 26 heavy (non-hydrogen) atoms. The minimum absolute atomic E-state index is 0.658. The van der Waals surface area contributed by atoms with Gasteiger partial charge < -0.3 is 5.32 Å². The molecule has 0 fully saturated rings. The summed E-state index contributed by atoms with van der Waals surface area (Å²) < 4.78 is 6.29. The molecule has 0 aliphatic rings. The molecule has 4 aromatic heterocycles. The second-order valence-electron chi connectivity index (χ2n) is 5.48. The van der Waals surface area contributed by atoms with Crippen LogP contribution < -0.4 is 5.32 Å². The van der Waals surface area contributed by atoms with E-state index in [4.69, 9.17) is 4.98 Å². The van der Waals surface area contributed by atoms with Crippen molar-refractivity contribution in [3.8, 4) is 11.3 Å². The molecule has 4 heterocycles. The van der Waals surface area contributed by atoms with Crippen LogP contribution in [0.15, 0.2) is 60.0 Å². The summed E-state index contributed by atoms with van der Waals surface area (Å²) in [6.45, 7) is 9.68. The van der Waals surface area contributed by atoms with E-state index in [2.05, 4.69) is 38.0 Å². The van der Waals surface area contributed by atoms with Crippen LogP contribution in [-0.2, 0) is 0 Å². The summed E-state index contributed by atoms with van der Waals surface area (Å²) in [5.41, 5.74) is 3.55. The van der Waals surface area contributed by atoms with Gasteiger partial charge in [-0.2, -0.15) is 9.47 Å². The summed E-state index contributed by atoms with van der Waals surface area (Å²) in [5.74, 6) is 0.658. The van der Waals surface area contributed by atoms with Gasteiger partial charge in [-0.15, -0.1) is 0 Å². The van der Waals surface area contributed by atoms with Crippen LogP contribution in [0.1, 0.15) is 5.69 Å². The van der Waals surface area contributed by atoms with Crippen LogP contribution in [0.25, 0.3) is 16.9 Å². The van der Waals surface area contributed by atoms with Gasteiger partial charge in [0, 0.05) is 22.9 Å². The smallest absolute Gasteiger partial charge is 0.181 e. The Hall–Kier alpha value is -2.91. The van der Waals surface area contributed by atoms with E-state index < -0.39 is 0 Å². The van der Waals surface area contributed by atoms with Crippen molar-refractivity contribution in [1.29, 1.82) is 0 Å². The van der Waals surface area contributed by atoms with Crippen LogP contribution in [0.5, 0.6) is 0 Å². The molecule has 2 N–H and O–H groups in total. The minimum Gasteiger partial charge on any atom is -0.328 e. The number of H-pyrrole nitrogens is 1. The van der Waals surface area contributed by atoms with Gasteiger partial charge in [0.15, 0.2) is 11.5 Å². The lowest BCUT2D eigenvalue weighted by Gasteiger charge is -2.09. The Morgan fingerprint density at radius 1 is 1.42 bits per heavy atom. The molecule has 0 bridgehead atoms. The molecule has 7 nitrogen and oxygen atoms in total. The maximum absolute atomic E-state index is 4.70. The molecule has 0 amide bonds. The topological polar surface area (TPSA) is 83.8 Å². The summed E-state index contributed by atoms with van der Waals surface area (Å²) in [5, 5.41) is 11.9. The molecule has 0 saturated carbocycles. The Morgan fingerprint density at radius 3 is 3.00 bits per heavy atom. The van der Waals surface area contributed by atoms with Crippen molar-refractivity contribution >= 4 is 39.8 Å². The summed E-state index contributed by atoms with van der Waals surface area (Å²) in [6, 6.07) is 1.98. The Kier molecular flexibility index (Phi) is 4.31. The maximum Gasteiger partial charge on any atom is 0.181 e. The fraction of sp³-hybridized carbons (Fsp3) is 0.0588. The quantitative estimate of drug-likeness (QED) is 0.380. The van der Waals surface area contributed by atoms with Crippen molar-refractivity contribution in [3.63, 3.8) is 0 Å². The summed E-state index contributed by atoms with van der Waals surface area (Å²) in [4.78, 5) is 10.1. The molecule has 0 aliphatic heterocycles. The average Bonchev–Trinajstić information content (AvgIpc) is 3.35. The van der Waals surface area contributed by atoms with E-state index in [-0.39, 0.29) is 0 Å². The largest absolute Gasteiger partial charge is 0.328 e. The fourth-order valence-electron chi connectivity index (χ4n) is 2.42. The third kappa shape index (κ3) is 3.14. The number of hydrogen-bond acceptors (Lipinski definition) is 7. The van der Waals surface area contributed by atoms with E-state index in [1.54, 1.807) is 12.3 Å². The molecular formula is C17H15N7S2. The van der Waals surface area contributed by atoms with Crippen LogP contribution in [0.4, 0.5) is 10.8 Å². The molecule has 0 aliphatic carbocycles. The van der Waals surface area contributed by atoms with Gasteiger partial charge in [-0.25, -0.2) is 9.97 Å². The van der Waals surface area contributed by atoms with E-state index in [1.807, 2.05) is 36.0 Å². The first-order chi connectivity index (χ1) is 12.6. The number of nitrogens with zero attached hydrogens (tertiary/aromatic N) is 5. The summed E-state index contributed by atoms with van der Waals surface area (Å²) in [7, 11) is 0. The van der Waals surface area contributed by atoms with Gasteiger partial charge in [0.2, 0.25) is 0 Å². The fourth-order valence-corrected chi connectivity index (χ4v) is 3.73. The number of nitrogens with one attached hydrogen (secondary N) is 2. The molecule has 130 valence electrons. The predicted octanol–water partition coefficient (Wildman–Crippen LogP) is 4.42. The molecule has 9 heteroatoms. The highest BCUT2D eigenvalue weighted by Crippen LogP contribution is 2.31. The molecule has 0 spiro atoms. The van der Waals surface area contributed by atoms with Gasteiger partial charge in [-0.3, -0.25) is 9.50 Å². The van der Waals surface area contributed by atoms with Crippen LogP contribution in [0.2, 0.25) is 0 Å². The third-order valence-corrected chi connectivity index (χ3v) is 5.23. The molecule has 0 aromatic carbocycles. The van der Waals surface area contributed by atoms with Gasteiger partial charge in [0.05, 0.1) is 23.8 Å². The lowest BCUT2D eigenvalue weighted by Crippen LogP contribution is -1.99. The Labute approximate surface area is 158 Å². The van der Waals surface area contributed by atoms with E-state index in [1.165, 1.54) is 23.3 Å². The van der Waals surface area contributed by atoms with E-state index >= 15 is 0 Å². The number of aryl methyl sites for hydroxylation is 1. The highest BCUT2D eigenvalue weighted by Gasteiger charge is 2.15. The molecule has 0 unspecified atom stereocenters. The van der Waals surface area contributed by atoms with Crippen molar-refractivity contribution in [3.05, 3.63) is 60.7 Å². The van der Waals surface area contributed by atoms with E-state index in [0.717, 1.165) is 37.5 Å². The van der Waals surface area contributed by atoms with Crippen LogP contribution in [-0.4, -0.2) is 28.9 Å². The number of allylic oxidation sites excluding steroid dienone is 1. The molecule has 4 rings (SSSR count). The number of rotatable bonds is 6. The van der Waals surface area contributed by atoms with Gasteiger partial charge >= 0.3 is 0 Å². The van der Waals surface area contributed by atoms with Crippen LogP contribution >= 0.6 is 23.3 Å². The standard InChI is InChI=1S/C17H15N7S2/c1-4-11(3)25-15-9-24-13(12-6-19-20-7-12)8-18-17(24)16(22-15)21-14-5-10(2)23-26-14/h4-9H,1,3H2,2H3,(H,19,20)(H,21,22). The van der Waals surface area contributed by atoms with Gasteiger partial charge in [-0.1, -0.05) is 31.0 Å². The maximum atomic E-state index is 4.70. The zero-order valence-electron chi connectivity index (χ0n) is 13.9. The minimum atomic E-state index is 0.658. The number of aromatic nitrogens is 6. The first kappa shape index (κ1) is 16.6. The number of aromatic amines is 1. The third-order valence-electron chi connectivity index (χ3n) is 3.60. The van der Waals surface area contributed by atoms with Crippen molar-refractivity contribution < 1.29 is 0 Å². The highest BCUT2D eigenvalue weighted by atomic mass is 32.2. The zero-order chi connectivity index (χ0) is 18.1. The summed E-state index contributed by atoms with van der Waals surface area (Å²) >= 11 is 2.84. The SMILES string of the molecule is C=CC(=C)Sc1cn2c(-c3cn[nH]c3)cnc2c(Nc2cc(C)ns2)n1. The van der Waals surface area contributed by atoms with Crippen molar-refractivity contribution in [1.82, 2.24) is 28.9 Å². The normalized spacial score (nSPS) is 11.0. The number of hydrogen-bond donors (Lipinski definition) is 2. The molecule has 0 saturated heterocycles. The first-order valence-electron chi connectivity index (χ1n) is 7.71. The molecule has 0 atom stereocenters. The Balaban J connectivity index is 1.85. The number of imidazole rings is 1. The Bertz CT molecular complexity index is 1090. The molecular weight excluding hydrogens is 366 g/mol. The lowest BCUT2D eigenvalue weighted by molar-refractivity contribution is 1.03. The van der Waals surface area contributed by atoms with Crippen molar-refractivity contribution in [2.45, 2.75) is 11.9 Å². The predicted molar refractivity (Wildman–Crippen MR) is 106 cm³/mol. The van der Waals surface area contributed by atoms with Crippen LogP contribution in [0.3, 0.4) is 0 Å². The lowest BCUT2D eigenvalue weighted by atomic mass is 10.3. The average molecular weight is 381 g/mol. The molecule has 4 aromatic rings. The Morgan fingerprint density at radius 2 is 2.31 bits per heavy atom. The summed E-state index contributed by atoms with van der Waals surface area (Å²) in [6.07, 6.45) is 9.05. The van der Waals surface area contributed by atoms with E-state index in [0.29, 0.717) is 5.82 Å². The number of anilines is 2. The highest BCUT2D eigenvalue weighted by molar-refractivity contribution is 8.03. The number of thioether (sulfide) groups is 1. The second kappa shape index (κ2) is 6.77. The van der Waals surface area contributed by atoms with Gasteiger partial charge in [-0.05, 0) is 24.5 Å². The number of fused-ring (bicyclic) bond motifs is 1. The zero-order valence-corrected chi connectivity index (χ0v) is 15.6. The van der Waals surface area contributed by atoms with Gasteiger partial charge in [0.1, 0.15) is 10.0 Å². The molecule has 0 radical (unpaired) electrons. The van der Waals surface area contributed by atoms with E-state index in [9.17, 15) is 0 Å².